The van der Waals surface area contributed by atoms with Crippen molar-refractivity contribution < 1.29 is 0 Å². The molecule has 0 aromatic carbocycles. The van der Waals surface area contributed by atoms with E-state index in [4.69, 9.17) is 0 Å². The van der Waals surface area contributed by atoms with Crippen molar-refractivity contribution in [3.05, 3.63) is 23.3 Å². The molecule has 0 radical (unpaired) electrons. The van der Waals surface area contributed by atoms with Gasteiger partial charge in [0.15, 0.2) is 5.82 Å². The van der Waals surface area contributed by atoms with E-state index in [1.807, 2.05) is 17.5 Å². The highest BCUT2D eigenvalue weighted by molar-refractivity contribution is 7.13. The second kappa shape index (κ2) is 2.94. The van der Waals surface area contributed by atoms with E-state index in [0.29, 0.717) is 11.6 Å². The quantitative estimate of drug-likeness (QED) is 0.660. The van der Waals surface area contributed by atoms with Gasteiger partial charge in [0.1, 0.15) is 0 Å². The topological polar surface area (TPSA) is 51.6 Å². The largest absolute Gasteiger partial charge is 0.213 e. The highest BCUT2D eigenvalue weighted by atomic mass is 32.1. The zero-order valence-electron chi connectivity index (χ0n) is 6.43. The van der Waals surface area contributed by atoms with Crippen molar-refractivity contribution >= 4 is 11.3 Å². The molecule has 2 aromatic rings. The second-order valence-corrected chi connectivity index (χ2v) is 3.20. The number of thiophene rings is 1. The highest BCUT2D eigenvalue weighted by Crippen LogP contribution is 2.18. The molecule has 4 nitrogen and oxygen atoms in total. The van der Waals surface area contributed by atoms with Crippen molar-refractivity contribution in [2.24, 2.45) is 0 Å². The van der Waals surface area contributed by atoms with E-state index in [0.717, 1.165) is 4.88 Å². The highest BCUT2D eigenvalue weighted by Gasteiger charge is 2.01. The minimum absolute atomic E-state index is 0.593. The normalized spacial score (nSPS) is 10.1. The van der Waals surface area contributed by atoms with Crippen LogP contribution in [0, 0.1) is 6.92 Å². The average molecular weight is 178 g/mol. The summed E-state index contributed by atoms with van der Waals surface area (Å²) in [6.07, 6.45) is 0. The summed E-state index contributed by atoms with van der Waals surface area (Å²) in [5.41, 5.74) is 0. The Hall–Kier alpha value is -1.36. The van der Waals surface area contributed by atoms with Crippen LogP contribution in [0.25, 0.3) is 10.7 Å². The maximum Gasteiger partial charge on any atom is 0.213 e. The SMILES string of the molecule is Cc1nnc(-c2cccs2)nn1. The second-order valence-electron chi connectivity index (χ2n) is 2.25. The Morgan fingerprint density at radius 3 is 2.50 bits per heavy atom. The van der Waals surface area contributed by atoms with E-state index in [-0.39, 0.29) is 0 Å². The molecule has 0 fully saturated rings. The molecular formula is C7H6N4S. The third-order valence-electron chi connectivity index (χ3n) is 1.32. The summed E-state index contributed by atoms with van der Waals surface area (Å²) in [5.74, 6) is 1.19. The zero-order valence-corrected chi connectivity index (χ0v) is 7.25. The minimum atomic E-state index is 0.593. The number of hydrogen-bond donors (Lipinski definition) is 0. The maximum atomic E-state index is 3.91. The average Bonchev–Trinajstić information content (AvgIpc) is 2.58. The lowest BCUT2D eigenvalue weighted by Gasteiger charge is -1.91. The van der Waals surface area contributed by atoms with Crippen LogP contribution in [-0.4, -0.2) is 20.4 Å². The standard InChI is InChI=1S/C7H6N4S/c1-5-8-10-7(11-9-5)6-3-2-4-12-6/h2-4H,1H3. The predicted molar refractivity (Wildman–Crippen MR) is 45.7 cm³/mol. The molecular weight excluding hydrogens is 172 g/mol. The molecule has 0 saturated heterocycles. The van der Waals surface area contributed by atoms with Gasteiger partial charge in [-0.1, -0.05) is 6.07 Å². The van der Waals surface area contributed by atoms with Crippen LogP contribution in [0.5, 0.6) is 0 Å². The van der Waals surface area contributed by atoms with Crippen molar-refractivity contribution in [1.29, 1.82) is 0 Å². The van der Waals surface area contributed by atoms with Gasteiger partial charge in [0.25, 0.3) is 0 Å². The molecule has 0 bridgehead atoms. The van der Waals surface area contributed by atoms with E-state index in [1.165, 1.54) is 0 Å². The summed E-state index contributed by atoms with van der Waals surface area (Å²) in [7, 11) is 0. The zero-order chi connectivity index (χ0) is 8.39. The lowest BCUT2D eigenvalue weighted by atomic mass is 10.4. The molecule has 0 spiro atoms. The number of aryl methyl sites for hydroxylation is 1. The molecule has 5 heteroatoms. The molecule has 12 heavy (non-hydrogen) atoms. The van der Waals surface area contributed by atoms with Crippen molar-refractivity contribution in [3.8, 4) is 10.7 Å². The lowest BCUT2D eigenvalue weighted by molar-refractivity contribution is 0.818. The number of rotatable bonds is 1. The lowest BCUT2D eigenvalue weighted by Crippen LogP contribution is -1.97. The van der Waals surface area contributed by atoms with E-state index in [2.05, 4.69) is 20.4 Å². The third kappa shape index (κ3) is 1.31. The van der Waals surface area contributed by atoms with Crippen molar-refractivity contribution in [3.63, 3.8) is 0 Å². The van der Waals surface area contributed by atoms with Gasteiger partial charge in [-0.05, 0) is 18.4 Å². The van der Waals surface area contributed by atoms with Gasteiger partial charge in [-0.2, -0.15) is 0 Å². The van der Waals surface area contributed by atoms with Crippen molar-refractivity contribution in [2.45, 2.75) is 6.92 Å². The Labute approximate surface area is 73.3 Å². The van der Waals surface area contributed by atoms with Crippen LogP contribution >= 0.6 is 11.3 Å². The fourth-order valence-electron chi connectivity index (χ4n) is 0.784. The van der Waals surface area contributed by atoms with E-state index >= 15 is 0 Å². The molecule has 0 amide bonds. The van der Waals surface area contributed by atoms with Crippen LogP contribution in [0.15, 0.2) is 17.5 Å². The van der Waals surface area contributed by atoms with Gasteiger partial charge in [0.05, 0.1) is 4.88 Å². The van der Waals surface area contributed by atoms with E-state index in [1.54, 1.807) is 18.3 Å². The van der Waals surface area contributed by atoms with Crippen LogP contribution in [0.3, 0.4) is 0 Å². The van der Waals surface area contributed by atoms with Crippen molar-refractivity contribution in [2.75, 3.05) is 0 Å². The first kappa shape index (κ1) is 7.30. The Balaban J connectivity index is 2.43. The molecule has 0 saturated carbocycles. The van der Waals surface area contributed by atoms with Crippen LogP contribution < -0.4 is 0 Å². The Bertz CT molecular complexity index is 353. The molecule has 0 aliphatic heterocycles. The summed E-state index contributed by atoms with van der Waals surface area (Å²) in [6, 6.07) is 3.89. The van der Waals surface area contributed by atoms with Crippen molar-refractivity contribution in [1.82, 2.24) is 20.4 Å². The van der Waals surface area contributed by atoms with E-state index < -0.39 is 0 Å². The maximum absolute atomic E-state index is 3.91. The summed E-state index contributed by atoms with van der Waals surface area (Å²) in [6.45, 7) is 1.76. The van der Waals surface area contributed by atoms with E-state index in [9.17, 15) is 0 Å². The Kier molecular flexibility index (Phi) is 1.79. The fourth-order valence-corrected chi connectivity index (χ4v) is 1.43. The van der Waals surface area contributed by atoms with Gasteiger partial charge in [-0.3, -0.25) is 0 Å². The first-order valence-electron chi connectivity index (χ1n) is 3.44. The third-order valence-corrected chi connectivity index (χ3v) is 2.19. The molecule has 2 heterocycles. The summed E-state index contributed by atoms with van der Waals surface area (Å²) >= 11 is 1.58. The van der Waals surface area contributed by atoms with Gasteiger partial charge in [-0.25, -0.2) is 0 Å². The van der Waals surface area contributed by atoms with Crippen LogP contribution in [0.2, 0.25) is 0 Å². The first-order valence-corrected chi connectivity index (χ1v) is 4.32. The smallest absolute Gasteiger partial charge is 0.140 e. The molecule has 60 valence electrons. The summed E-state index contributed by atoms with van der Waals surface area (Å²) in [4.78, 5) is 0.995. The molecule has 0 aliphatic carbocycles. The van der Waals surface area contributed by atoms with Gasteiger partial charge in [0, 0.05) is 0 Å². The number of nitrogens with zero attached hydrogens (tertiary/aromatic N) is 4. The van der Waals surface area contributed by atoms with Crippen LogP contribution in [0.4, 0.5) is 0 Å². The molecule has 2 rings (SSSR count). The fraction of sp³-hybridized carbons (Fsp3) is 0.143. The van der Waals surface area contributed by atoms with Gasteiger partial charge in [-0.15, -0.1) is 31.7 Å². The molecule has 0 atom stereocenters. The molecule has 0 N–H and O–H groups in total. The number of hydrogen-bond acceptors (Lipinski definition) is 5. The van der Waals surface area contributed by atoms with Gasteiger partial charge in [0.2, 0.25) is 5.82 Å². The molecule has 0 unspecified atom stereocenters. The van der Waals surface area contributed by atoms with Crippen LogP contribution in [0.1, 0.15) is 5.82 Å². The Morgan fingerprint density at radius 1 is 1.17 bits per heavy atom. The first-order chi connectivity index (χ1) is 5.86. The molecule has 0 aliphatic rings. The van der Waals surface area contributed by atoms with Crippen LogP contribution in [-0.2, 0) is 0 Å². The monoisotopic (exact) mass is 178 g/mol. The van der Waals surface area contributed by atoms with Gasteiger partial charge >= 0.3 is 0 Å². The van der Waals surface area contributed by atoms with Gasteiger partial charge < -0.3 is 0 Å². The predicted octanol–water partition coefficient (Wildman–Crippen LogP) is 1.30. The summed E-state index contributed by atoms with van der Waals surface area (Å²) < 4.78 is 0. The molecule has 2 aromatic heterocycles. The summed E-state index contributed by atoms with van der Waals surface area (Å²) in [5, 5.41) is 17.4. The minimum Gasteiger partial charge on any atom is -0.140 e. The Morgan fingerprint density at radius 2 is 1.92 bits per heavy atom. The number of aromatic nitrogens is 4.